The van der Waals surface area contributed by atoms with Crippen LogP contribution in [0.25, 0.3) is 0 Å². The molecule has 108 valence electrons. The summed E-state index contributed by atoms with van der Waals surface area (Å²) in [7, 11) is 2.19. The van der Waals surface area contributed by atoms with Crippen LogP contribution < -0.4 is 5.32 Å². The Morgan fingerprint density at radius 2 is 1.79 bits per heavy atom. The molecule has 1 N–H and O–H groups in total. The summed E-state index contributed by atoms with van der Waals surface area (Å²) in [5, 5.41) is 3.72. The molecule has 1 saturated heterocycles. The van der Waals surface area contributed by atoms with Gasteiger partial charge >= 0.3 is 0 Å². The molecule has 0 aromatic heterocycles. The molecule has 19 heavy (non-hydrogen) atoms. The molecule has 0 aromatic rings. The van der Waals surface area contributed by atoms with Crippen molar-refractivity contribution in [2.24, 2.45) is 0 Å². The number of nitrogens with zero attached hydrogens (tertiary/aromatic N) is 1. The number of nitrogens with one attached hydrogen (secondary N) is 1. The van der Waals surface area contributed by atoms with Gasteiger partial charge in [-0.05, 0) is 71.5 Å². The Kier molecular flexibility index (Phi) is 4.28. The Balaban J connectivity index is 1.86. The topological polar surface area (TPSA) is 15.3 Å². The van der Waals surface area contributed by atoms with Crippen LogP contribution in [0, 0.1) is 0 Å². The maximum Gasteiger partial charge on any atom is 0.0464 e. The Hall–Kier alpha value is -0.340. The van der Waals surface area contributed by atoms with Crippen molar-refractivity contribution in [1.82, 2.24) is 10.2 Å². The monoisotopic (exact) mass is 262 g/mol. The van der Waals surface area contributed by atoms with Gasteiger partial charge in [0, 0.05) is 11.6 Å². The molecule has 2 fully saturated rings. The molecule has 2 heteroatoms. The van der Waals surface area contributed by atoms with E-state index in [4.69, 9.17) is 0 Å². The fourth-order valence-electron chi connectivity index (χ4n) is 4.86. The summed E-state index contributed by atoms with van der Waals surface area (Å²) in [5.74, 6) is 0. The second-order valence-corrected chi connectivity index (χ2v) is 6.75. The maximum absolute atomic E-state index is 3.72. The first-order chi connectivity index (χ1) is 9.37. The van der Waals surface area contributed by atoms with Crippen molar-refractivity contribution in [2.75, 3.05) is 20.1 Å². The van der Waals surface area contributed by atoms with E-state index in [1.54, 1.807) is 5.57 Å². The van der Waals surface area contributed by atoms with Crippen molar-refractivity contribution in [1.29, 1.82) is 0 Å². The predicted molar refractivity (Wildman–Crippen MR) is 81.4 cm³/mol. The zero-order chi connectivity index (χ0) is 13.1. The van der Waals surface area contributed by atoms with Crippen LogP contribution in [-0.4, -0.2) is 36.6 Å². The quantitative estimate of drug-likeness (QED) is 0.780. The normalized spacial score (nSPS) is 29.4. The SMILES string of the molecule is CNC(C1=CCCCC1)C1(N2CCCC2)CCCC1. The predicted octanol–water partition coefficient (Wildman–Crippen LogP) is 3.48. The van der Waals surface area contributed by atoms with Crippen molar-refractivity contribution in [3.63, 3.8) is 0 Å². The second-order valence-electron chi connectivity index (χ2n) is 6.75. The van der Waals surface area contributed by atoms with E-state index in [1.807, 2.05) is 0 Å². The number of hydrogen-bond acceptors (Lipinski definition) is 2. The molecule has 0 radical (unpaired) electrons. The molecular weight excluding hydrogens is 232 g/mol. The van der Waals surface area contributed by atoms with Crippen LogP contribution in [0.4, 0.5) is 0 Å². The molecule has 2 nitrogen and oxygen atoms in total. The molecule has 1 saturated carbocycles. The van der Waals surface area contributed by atoms with Crippen molar-refractivity contribution < 1.29 is 0 Å². The first-order valence-electron chi connectivity index (χ1n) is 8.48. The Morgan fingerprint density at radius 1 is 1.05 bits per heavy atom. The first kappa shape index (κ1) is 13.6. The highest BCUT2D eigenvalue weighted by Gasteiger charge is 2.47. The van der Waals surface area contributed by atoms with E-state index < -0.39 is 0 Å². The summed E-state index contributed by atoms with van der Waals surface area (Å²) >= 11 is 0. The van der Waals surface area contributed by atoms with Gasteiger partial charge in [-0.2, -0.15) is 0 Å². The highest BCUT2D eigenvalue weighted by molar-refractivity contribution is 5.22. The molecule has 1 heterocycles. The van der Waals surface area contributed by atoms with Crippen molar-refractivity contribution in [3.05, 3.63) is 11.6 Å². The van der Waals surface area contributed by atoms with Gasteiger partial charge < -0.3 is 5.32 Å². The average Bonchev–Trinajstić information content (AvgIpc) is 3.12. The molecule has 3 rings (SSSR count). The van der Waals surface area contributed by atoms with Crippen molar-refractivity contribution in [2.45, 2.75) is 75.8 Å². The van der Waals surface area contributed by atoms with Crippen LogP contribution in [0.2, 0.25) is 0 Å². The van der Waals surface area contributed by atoms with Crippen LogP contribution in [0.15, 0.2) is 11.6 Å². The number of hydrogen-bond donors (Lipinski definition) is 1. The van der Waals surface area contributed by atoms with Crippen molar-refractivity contribution >= 4 is 0 Å². The summed E-state index contributed by atoms with van der Waals surface area (Å²) in [6, 6.07) is 0.619. The van der Waals surface area contributed by atoms with Crippen LogP contribution in [-0.2, 0) is 0 Å². The summed E-state index contributed by atoms with van der Waals surface area (Å²) in [4.78, 5) is 2.84. The van der Waals surface area contributed by atoms with Gasteiger partial charge in [0.1, 0.15) is 0 Å². The third kappa shape index (κ3) is 2.50. The standard InChI is InChI=1S/C17H30N2/c1-18-16(15-9-3-2-4-10-15)17(11-5-6-12-17)19-13-7-8-14-19/h9,16,18H,2-8,10-14H2,1H3. The minimum atomic E-state index is 0.453. The van der Waals surface area contributed by atoms with Gasteiger partial charge in [0.25, 0.3) is 0 Å². The lowest BCUT2D eigenvalue weighted by Crippen LogP contribution is -2.59. The number of rotatable bonds is 4. The van der Waals surface area contributed by atoms with E-state index in [0.29, 0.717) is 11.6 Å². The fraction of sp³-hybridized carbons (Fsp3) is 0.882. The molecular formula is C17H30N2. The van der Waals surface area contributed by atoms with Crippen LogP contribution in [0.1, 0.15) is 64.2 Å². The average molecular weight is 262 g/mol. The number of likely N-dealkylation sites (tertiary alicyclic amines) is 1. The maximum atomic E-state index is 3.72. The Morgan fingerprint density at radius 3 is 2.37 bits per heavy atom. The smallest absolute Gasteiger partial charge is 0.0464 e. The summed E-state index contributed by atoms with van der Waals surface area (Å²) in [5.41, 5.74) is 2.18. The first-order valence-corrected chi connectivity index (χ1v) is 8.48. The lowest BCUT2D eigenvalue weighted by molar-refractivity contribution is 0.0911. The Bertz CT molecular complexity index is 322. The van der Waals surface area contributed by atoms with E-state index in [0.717, 1.165) is 0 Å². The Labute approximate surface area is 118 Å². The van der Waals surface area contributed by atoms with E-state index in [9.17, 15) is 0 Å². The highest BCUT2D eigenvalue weighted by atomic mass is 15.2. The van der Waals surface area contributed by atoms with Crippen LogP contribution in [0.5, 0.6) is 0 Å². The molecule has 0 amide bonds. The van der Waals surface area contributed by atoms with Gasteiger partial charge in [-0.15, -0.1) is 0 Å². The van der Waals surface area contributed by atoms with Gasteiger partial charge in [-0.3, -0.25) is 4.90 Å². The molecule has 0 spiro atoms. The minimum absolute atomic E-state index is 0.453. The lowest BCUT2D eigenvalue weighted by atomic mass is 9.78. The van der Waals surface area contributed by atoms with Crippen LogP contribution in [0.3, 0.4) is 0 Å². The lowest BCUT2D eigenvalue weighted by Gasteiger charge is -2.46. The highest BCUT2D eigenvalue weighted by Crippen LogP contribution is 2.43. The van der Waals surface area contributed by atoms with E-state index in [-0.39, 0.29) is 0 Å². The summed E-state index contributed by atoms with van der Waals surface area (Å²) in [6.45, 7) is 2.68. The second kappa shape index (κ2) is 5.97. The molecule has 1 atom stereocenters. The zero-order valence-corrected chi connectivity index (χ0v) is 12.6. The summed E-state index contributed by atoms with van der Waals surface area (Å²) < 4.78 is 0. The minimum Gasteiger partial charge on any atom is -0.312 e. The molecule has 3 aliphatic rings. The van der Waals surface area contributed by atoms with E-state index in [1.165, 1.54) is 77.3 Å². The third-order valence-corrected chi connectivity index (χ3v) is 5.73. The molecule has 0 aromatic carbocycles. The fourth-order valence-corrected chi connectivity index (χ4v) is 4.86. The van der Waals surface area contributed by atoms with E-state index >= 15 is 0 Å². The van der Waals surface area contributed by atoms with Gasteiger partial charge in [0.05, 0.1) is 0 Å². The largest absolute Gasteiger partial charge is 0.312 e. The molecule has 1 unspecified atom stereocenters. The van der Waals surface area contributed by atoms with Crippen LogP contribution >= 0.6 is 0 Å². The number of allylic oxidation sites excluding steroid dienone is 1. The zero-order valence-electron chi connectivity index (χ0n) is 12.6. The van der Waals surface area contributed by atoms with Gasteiger partial charge in [0.15, 0.2) is 0 Å². The van der Waals surface area contributed by atoms with Gasteiger partial charge in [-0.1, -0.05) is 24.5 Å². The molecule has 0 bridgehead atoms. The number of likely N-dealkylation sites (N-methyl/N-ethyl adjacent to an activating group) is 1. The molecule has 1 aliphatic heterocycles. The van der Waals surface area contributed by atoms with Crippen molar-refractivity contribution in [3.8, 4) is 0 Å². The molecule has 2 aliphatic carbocycles. The third-order valence-electron chi connectivity index (χ3n) is 5.73. The van der Waals surface area contributed by atoms with E-state index in [2.05, 4.69) is 23.3 Å². The van der Waals surface area contributed by atoms with Gasteiger partial charge in [-0.25, -0.2) is 0 Å². The summed E-state index contributed by atoms with van der Waals surface area (Å²) in [6.07, 6.45) is 16.5. The van der Waals surface area contributed by atoms with Gasteiger partial charge in [0.2, 0.25) is 0 Å².